The summed E-state index contributed by atoms with van der Waals surface area (Å²) in [5.74, 6) is -0.361. The zero-order valence-corrected chi connectivity index (χ0v) is 12.6. The first-order valence-electron chi connectivity index (χ1n) is 7.66. The van der Waals surface area contributed by atoms with Crippen LogP contribution in [0.4, 0.5) is 11.4 Å². The van der Waals surface area contributed by atoms with Crippen molar-refractivity contribution in [3.8, 4) is 0 Å². The molecule has 0 spiro atoms. The maximum absolute atomic E-state index is 12.2. The molecule has 2 N–H and O–H groups in total. The topological polar surface area (TPSA) is 103 Å². The number of carbonyl (C=O) groups is 1. The Kier molecular flexibility index (Phi) is 4.73. The average molecular weight is 321 g/mol. The van der Waals surface area contributed by atoms with E-state index in [9.17, 15) is 14.9 Å². The first kappa shape index (κ1) is 15.7. The molecule has 3 rings (SSSR count). The van der Waals surface area contributed by atoms with Crippen LogP contribution in [0.2, 0.25) is 0 Å². The third-order valence-corrected chi connectivity index (χ3v) is 3.77. The molecule has 1 aromatic carbocycles. The van der Waals surface area contributed by atoms with Gasteiger partial charge in [-0.15, -0.1) is 0 Å². The monoisotopic (exact) mass is 321 g/mol. The van der Waals surface area contributed by atoms with E-state index >= 15 is 0 Å². The number of amides is 1. The number of nitro groups is 1. The fourth-order valence-corrected chi connectivity index (χ4v) is 2.36. The van der Waals surface area contributed by atoms with Gasteiger partial charge in [-0.25, -0.2) is 0 Å². The van der Waals surface area contributed by atoms with E-state index < -0.39 is 4.92 Å². The summed E-state index contributed by atoms with van der Waals surface area (Å²) in [4.78, 5) is 22.9. The molecule has 0 radical (unpaired) electrons. The van der Waals surface area contributed by atoms with Gasteiger partial charge in [0.1, 0.15) is 5.69 Å². The molecule has 1 aliphatic heterocycles. The Morgan fingerprint density at radius 1 is 1.35 bits per heavy atom. The SMILES string of the molecule is O=C(NC[C@H]1COCCO1)c1ccc(NC2CC2)c([N+](=O)[O-])c1. The number of hydrogen-bond acceptors (Lipinski definition) is 6. The first-order chi connectivity index (χ1) is 11.1. The lowest BCUT2D eigenvalue weighted by Crippen LogP contribution is -2.39. The van der Waals surface area contributed by atoms with Gasteiger partial charge in [-0.3, -0.25) is 14.9 Å². The number of ether oxygens (including phenoxy) is 2. The molecule has 1 amide bonds. The number of hydrogen-bond donors (Lipinski definition) is 2. The van der Waals surface area contributed by atoms with Crippen LogP contribution in [-0.2, 0) is 9.47 Å². The maximum atomic E-state index is 12.2. The number of benzene rings is 1. The second-order valence-electron chi connectivity index (χ2n) is 5.69. The molecular weight excluding hydrogens is 302 g/mol. The third kappa shape index (κ3) is 4.17. The summed E-state index contributed by atoms with van der Waals surface area (Å²) < 4.78 is 10.7. The summed E-state index contributed by atoms with van der Waals surface area (Å²) in [5, 5.41) is 17.0. The molecule has 0 bridgehead atoms. The molecule has 124 valence electrons. The van der Waals surface area contributed by atoms with Gasteiger partial charge in [0.05, 0.1) is 30.8 Å². The minimum absolute atomic E-state index is 0.0817. The summed E-state index contributed by atoms with van der Waals surface area (Å²) in [6, 6.07) is 4.78. The van der Waals surface area contributed by atoms with Crippen LogP contribution in [0.3, 0.4) is 0 Å². The van der Waals surface area contributed by atoms with Crippen molar-refractivity contribution in [3.05, 3.63) is 33.9 Å². The summed E-state index contributed by atoms with van der Waals surface area (Å²) in [5.41, 5.74) is 0.634. The van der Waals surface area contributed by atoms with Gasteiger partial charge in [0.15, 0.2) is 0 Å². The maximum Gasteiger partial charge on any atom is 0.293 e. The molecule has 0 unspecified atom stereocenters. The Labute approximate surface area is 133 Å². The van der Waals surface area contributed by atoms with E-state index in [1.165, 1.54) is 6.07 Å². The van der Waals surface area contributed by atoms with Crippen LogP contribution in [0.1, 0.15) is 23.2 Å². The Balaban J connectivity index is 1.64. The summed E-state index contributed by atoms with van der Waals surface area (Å²) in [6.07, 6.45) is 1.85. The van der Waals surface area contributed by atoms with E-state index in [2.05, 4.69) is 10.6 Å². The van der Waals surface area contributed by atoms with E-state index in [0.29, 0.717) is 38.1 Å². The van der Waals surface area contributed by atoms with Gasteiger partial charge in [-0.05, 0) is 25.0 Å². The molecular formula is C15H19N3O5. The number of nitrogens with one attached hydrogen (secondary N) is 2. The van der Waals surface area contributed by atoms with Crippen LogP contribution in [-0.4, -0.2) is 49.3 Å². The lowest BCUT2D eigenvalue weighted by molar-refractivity contribution is -0.384. The zero-order chi connectivity index (χ0) is 16.2. The van der Waals surface area contributed by atoms with Crippen LogP contribution in [0.25, 0.3) is 0 Å². The Morgan fingerprint density at radius 3 is 2.83 bits per heavy atom. The molecule has 0 aromatic heterocycles. The summed E-state index contributed by atoms with van der Waals surface area (Å²) in [7, 11) is 0. The van der Waals surface area contributed by atoms with Crippen molar-refractivity contribution in [1.29, 1.82) is 0 Å². The van der Waals surface area contributed by atoms with Crippen molar-refractivity contribution in [3.63, 3.8) is 0 Å². The molecule has 1 aliphatic carbocycles. The Hall–Kier alpha value is -2.19. The molecule has 1 aromatic rings. The van der Waals surface area contributed by atoms with E-state index in [0.717, 1.165) is 12.8 Å². The second-order valence-corrected chi connectivity index (χ2v) is 5.69. The average Bonchev–Trinajstić information content (AvgIpc) is 3.37. The van der Waals surface area contributed by atoms with E-state index in [1.54, 1.807) is 12.1 Å². The summed E-state index contributed by atoms with van der Waals surface area (Å²) in [6.45, 7) is 1.82. The number of nitrogens with zero attached hydrogens (tertiary/aromatic N) is 1. The second kappa shape index (κ2) is 6.93. The minimum Gasteiger partial charge on any atom is -0.377 e. The fourth-order valence-electron chi connectivity index (χ4n) is 2.36. The van der Waals surface area contributed by atoms with Gasteiger partial charge in [0.25, 0.3) is 11.6 Å². The highest BCUT2D eigenvalue weighted by atomic mass is 16.6. The van der Waals surface area contributed by atoms with Gasteiger partial charge in [0, 0.05) is 24.2 Å². The smallest absolute Gasteiger partial charge is 0.293 e. The Morgan fingerprint density at radius 2 is 2.17 bits per heavy atom. The van der Waals surface area contributed by atoms with Gasteiger partial charge in [0.2, 0.25) is 0 Å². The molecule has 1 heterocycles. The van der Waals surface area contributed by atoms with Gasteiger partial charge >= 0.3 is 0 Å². The van der Waals surface area contributed by atoms with Crippen LogP contribution >= 0.6 is 0 Å². The highest BCUT2D eigenvalue weighted by molar-refractivity contribution is 5.95. The normalized spacial score (nSPS) is 20.8. The Bertz CT molecular complexity index is 597. The lowest BCUT2D eigenvalue weighted by atomic mass is 10.1. The standard InChI is InChI=1S/C15H19N3O5/c19-15(16-8-12-9-22-5-6-23-12)10-1-4-13(17-11-2-3-11)14(7-10)18(20)21/h1,4,7,11-12,17H,2-3,5-6,8-9H2,(H,16,19)/t12-/m0/s1. The number of nitro benzene ring substituents is 1. The van der Waals surface area contributed by atoms with E-state index in [-0.39, 0.29) is 23.3 Å². The van der Waals surface area contributed by atoms with Crippen LogP contribution in [0.5, 0.6) is 0 Å². The largest absolute Gasteiger partial charge is 0.377 e. The van der Waals surface area contributed by atoms with Crippen molar-refractivity contribution in [2.45, 2.75) is 25.0 Å². The van der Waals surface area contributed by atoms with Crippen molar-refractivity contribution < 1.29 is 19.2 Å². The predicted octanol–water partition coefficient (Wildman–Crippen LogP) is 1.31. The molecule has 1 atom stereocenters. The van der Waals surface area contributed by atoms with Gasteiger partial charge in [-0.1, -0.05) is 0 Å². The summed E-state index contributed by atoms with van der Waals surface area (Å²) >= 11 is 0. The van der Waals surface area contributed by atoms with Gasteiger partial charge in [-0.2, -0.15) is 0 Å². The fraction of sp³-hybridized carbons (Fsp3) is 0.533. The molecule has 8 heteroatoms. The first-order valence-corrected chi connectivity index (χ1v) is 7.66. The van der Waals surface area contributed by atoms with Crippen molar-refractivity contribution in [2.75, 3.05) is 31.7 Å². The van der Waals surface area contributed by atoms with Crippen LogP contribution < -0.4 is 10.6 Å². The number of anilines is 1. The zero-order valence-electron chi connectivity index (χ0n) is 12.6. The molecule has 1 saturated heterocycles. The van der Waals surface area contributed by atoms with Crippen molar-refractivity contribution in [1.82, 2.24) is 5.32 Å². The number of carbonyl (C=O) groups excluding carboxylic acids is 1. The third-order valence-electron chi connectivity index (χ3n) is 3.77. The molecule has 8 nitrogen and oxygen atoms in total. The van der Waals surface area contributed by atoms with E-state index in [4.69, 9.17) is 9.47 Å². The minimum atomic E-state index is -0.473. The lowest BCUT2D eigenvalue weighted by Gasteiger charge is -2.23. The van der Waals surface area contributed by atoms with Crippen LogP contribution in [0.15, 0.2) is 18.2 Å². The quantitative estimate of drug-likeness (QED) is 0.605. The van der Waals surface area contributed by atoms with Gasteiger partial charge < -0.3 is 20.1 Å². The van der Waals surface area contributed by atoms with E-state index in [1.807, 2.05) is 0 Å². The highest BCUT2D eigenvalue weighted by Crippen LogP contribution is 2.31. The highest BCUT2D eigenvalue weighted by Gasteiger charge is 2.25. The van der Waals surface area contributed by atoms with Crippen molar-refractivity contribution >= 4 is 17.3 Å². The number of rotatable bonds is 6. The molecule has 1 saturated carbocycles. The molecule has 23 heavy (non-hydrogen) atoms. The van der Waals surface area contributed by atoms with Crippen LogP contribution in [0, 0.1) is 10.1 Å². The predicted molar refractivity (Wildman–Crippen MR) is 82.6 cm³/mol. The molecule has 2 fully saturated rings. The van der Waals surface area contributed by atoms with Crippen molar-refractivity contribution in [2.24, 2.45) is 0 Å². The molecule has 2 aliphatic rings.